The Morgan fingerprint density at radius 1 is 1.24 bits per heavy atom. The van der Waals surface area contributed by atoms with E-state index in [4.69, 9.17) is 0 Å². The maximum atomic E-state index is 11.9. The van der Waals surface area contributed by atoms with E-state index in [0.717, 1.165) is 37.8 Å². The van der Waals surface area contributed by atoms with E-state index < -0.39 is 0 Å². The zero-order valence-corrected chi connectivity index (χ0v) is 13.5. The van der Waals surface area contributed by atoms with Gasteiger partial charge in [-0.3, -0.25) is 4.79 Å². The third-order valence-corrected chi connectivity index (χ3v) is 3.91. The van der Waals surface area contributed by atoms with Gasteiger partial charge in [-0.15, -0.1) is 12.4 Å². The molecule has 0 bridgehead atoms. The van der Waals surface area contributed by atoms with Crippen LogP contribution in [-0.4, -0.2) is 44.0 Å². The van der Waals surface area contributed by atoms with Crippen LogP contribution >= 0.6 is 12.4 Å². The van der Waals surface area contributed by atoms with E-state index in [1.54, 1.807) is 0 Å². The third-order valence-electron chi connectivity index (χ3n) is 3.91. The molecule has 0 aromatic heterocycles. The summed E-state index contributed by atoms with van der Waals surface area (Å²) in [7, 11) is 2.01. The second-order valence-electron chi connectivity index (χ2n) is 5.51. The number of carbonyl (C=O) groups excluding carboxylic acids is 1. The van der Waals surface area contributed by atoms with Crippen molar-refractivity contribution in [3.8, 4) is 0 Å². The van der Waals surface area contributed by atoms with Gasteiger partial charge in [-0.05, 0) is 57.6 Å². The molecule has 1 saturated heterocycles. The van der Waals surface area contributed by atoms with E-state index in [1.165, 1.54) is 12.8 Å². The van der Waals surface area contributed by atoms with Gasteiger partial charge >= 0.3 is 0 Å². The SMILES string of the molecule is CNCC1CCN(CCC(=O)Nc2ccccc2)CC1.Cl. The lowest BCUT2D eigenvalue weighted by Gasteiger charge is -2.31. The molecule has 0 unspecified atom stereocenters. The number of rotatable bonds is 6. The molecule has 1 aliphatic rings. The highest BCUT2D eigenvalue weighted by Crippen LogP contribution is 2.16. The van der Waals surface area contributed by atoms with E-state index in [9.17, 15) is 4.79 Å². The normalized spacial score (nSPS) is 16.2. The Bertz CT molecular complexity index is 405. The highest BCUT2D eigenvalue weighted by molar-refractivity contribution is 5.90. The van der Waals surface area contributed by atoms with Gasteiger partial charge in [-0.2, -0.15) is 0 Å². The summed E-state index contributed by atoms with van der Waals surface area (Å²) in [5.74, 6) is 0.906. The summed E-state index contributed by atoms with van der Waals surface area (Å²) in [6.45, 7) is 4.21. The Morgan fingerprint density at radius 3 is 2.52 bits per heavy atom. The van der Waals surface area contributed by atoms with Crippen LogP contribution in [-0.2, 0) is 4.79 Å². The number of nitrogens with one attached hydrogen (secondary N) is 2. The monoisotopic (exact) mass is 311 g/mol. The van der Waals surface area contributed by atoms with E-state index in [-0.39, 0.29) is 18.3 Å². The first kappa shape index (κ1) is 18.0. The number of likely N-dealkylation sites (tertiary alicyclic amines) is 1. The van der Waals surface area contributed by atoms with Gasteiger partial charge in [0, 0.05) is 18.7 Å². The van der Waals surface area contributed by atoms with Gasteiger partial charge in [0.05, 0.1) is 0 Å². The smallest absolute Gasteiger partial charge is 0.225 e. The van der Waals surface area contributed by atoms with Crippen LogP contribution in [0.2, 0.25) is 0 Å². The average molecular weight is 312 g/mol. The van der Waals surface area contributed by atoms with Crippen LogP contribution < -0.4 is 10.6 Å². The van der Waals surface area contributed by atoms with Crippen molar-refractivity contribution in [3.63, 3.8) is 0 Å². The molecule has 0 spiro atoms. The molecule has 0 aliphatic carbocycles. The maximum absolute atomic E-state index is 11.9. The van der Waals surface area contributed by atoms with Gasteiger partial charge in [0.15, 0.2) is 0 Å². The lowest BCUT2D eigenvalue weighted by Crippen LogP contribution is -2.38. The first-order chi connectivity index (χ1) is 9.78. The predicted octanol–water partition coefficient (Wildman–Crippen LogP) is 2.37. The van der Waals surface area contributed by atoms with E-state index in [0.29, 0.717) is 6.42 Å². The van der Waals surface area contributed by atoms with Crippen LogP contribution in [0.3, 0.4) is 0 Å². The van der Waals surface area contributed by atoms with Crippen LogP contribution in [0.4, 0.5) is 5.69 Å². The average Bonchev–Trinajstić information content (AvgIpc) is 2.48. The Balaban J connectivity index is 0.00000220. The molecule has 1 amide bonds. The second kappa shape index (κ2) is 9.77. The highest BCUT2D eigenvalue weighted by Gasteiger charge is 2.18. The minimum absolute atomic E-state index is 0. The number of halogens is 1. The molecule has 1 aromatic rings. The fourth-order valence-electron chi connectivity index (χ4n) is 2.71. The number of carbonyl (C=O) groups is 1. The minimum atomic E-state index is 0. The molecule has 21 heavy (non-hydrogen) atoms. The summed E-state index contributed by atoms with van der Waals surface area (Å²) < 4.78 is 0. The third kappa shape index (κ3) is 6.46. The zero-order valence-electron chi connectivity index (χ0n) is 12.7. The van der Waals surface area contributed by atoms with Crippen molar-refractivity contribution in [2.75, 3.05) is 38.5 Å². The van der Waals surface area contributed by atoms with Crippen LogP contribution in [0.1, 0.15) is 19.3 Å². The summed E-state index contributed by atoms with van der Waals surface area (Å²) >= 11 is 0. The summed E-state index contributed by atoms with van der Waals surface area (Å²) in [5.41, 5.74) is 0.880. The van der Waals surface area contributed by atoms with Crippen molar-refractivity contribution in [3.05, 3.63) is 30.3 Å². The van der Waals surface area contributed by atoms with Crippen molar-refractivity contribution in [1.29, 1.82) is 0 Å². The Hall–Kier alpha value is -1.10. The number of nitrogens with zero attached hydrogens (tertiary/aromatic N) is 1. The fourth-order valence-corrected chi connectivity index (χ4v) is 2.71. The largest absolute Gasteiger partial charge is 0.326 e. The Kier molecular flexibility index (Phi) is 8.35. The molecular formula is C16H26ClN3O. The van der Waals surface area contributed by atoms with Gasteiger partial charge in [0.1, 0.15) is 0 Å². The quantitative estimate of drug-likeness (QED) is 0.848. The summed E-state index contributed by atoms with van der Waals surface area (Å²) in [5, 5.41) is 6.18. The molecule has 1 aliphatic heterocycles. The molecule has 1 fully saturated rings. The molecule has 2 rings (SSSR count). The molecule has 0 radical (unpaired) electrons. The Morgan fingerprint density at radius 2 is 1.90 bits per heavy atom. The summed E-state index contributed by atoms with van der Waals surface area (Å²) in [6, 6.07) is 9.65. The predicted molar refractivity (Wildman–Crippen MR) is 90.0 cm³/mol. The van der Waals surface area contributed by atoms with Crippen LogP contribution in [0.25, 0.3) is 0 Å². The van der Waals surface area contributed by atoms with Gasteiger partial charge in [0.2, 0.25) is 5.91 Å². The number of hydrogen-bond donors (Lipinski definition) is 2. The molecule has 1 heterocycles. The number of benzene rings is 1. The minimum Gasteiger partial charge on any atom is -0.326 e. The molecule has 0 saturated carbocycles. The summed E-state index contributed by atoms with van der Waals surface area (Å²) in [4.78, 5) is 14.3. The van der Waals surface area contributed by atoms with Gasteiger partial charge in [0.25, 0.3) is 0 Å². The Labute approximate surface area is 133 Å². The summed E-state index contributed by atoms with van der Waals surface area (Å²) in [6.07, 6.45) is 3.05. The number of hydrogen-bond acceptors (Lipinski definition) is 3. The van der Waals surface area contributed by atoms with Crippen LogP contribution in [0, 0.1) is 5.92 Å². The van der Waals surface area contributed by atoms with Crippen molar-refractivity contribution in [2.45, 2.75) is 19.3 Å². The first-order valence-corrected chi connectivity index (χ1v) is 7.50. The van der Waals surface area contributed by atoms with Gasteiger partial charge < -0.3 is 15.5 Å². The standard InChI is InChI=1S/C16H25N3O.ClH/c1-17-13-14-7-10-19(11-8-14)12-9-16(20)18-15-5-3-2-4-6-15;/h2-6,14,17H,7-13H2,1H3,(H,18,20);1H. The first-order valence-electron chi connectivity index (χ1n) is 7.50. The van der Waals surface area contributed by atoms with Crippen molar-refractivity contribution in [1.82, 2.24) is 10.2 Å². The van der Waals surface area contributed by atoms with Gasteiger partial charge in [-0.1, -0.05) is 18.2 Å². The molecule has 5 heteroatoms. The molecule has 118 valence electrons. The fraction of sp³-hybridized carbons (Fsp3) is 0.562. The van der Waals surface area contributed by atoms with Crippen molar-refractivity contribution < 1.29 is 4.79 Å². The molecular weight excluding hydrogens is 286 g/mol. The lowest BCUT2D eigenvalue weighted by molar-refractivity contribution is -0.116. The number of para-hydroxylation sites is 1. The number of anilines is 1. The van der Waals surface area contributed by atoms with Crippen LogP contribution in [0.15, 0.2) is 30.3 Å². The topological polar surface area (TPSA) is 44.4 Å². The van der Waals surface area contributed by atoms with Gasteiger partial charge in [-0.25, -0.2) is 0 Å². The number of amides is 1. The van der Waals surface area contributed by atoms with E-state index in [2.05, 4.69) is 15.5 Å². The highest BCUT2D eigenvalue weighted by atomic mass is 35.5. The van der Waals surface area contributed by atoms with E-state index >= 15 is 0 Å². The zero-order chi connectivity index (χ0) is 14.2. The molecule has 4 nitrogen and oxygen atoms in total. The number of piperidine rings is 1. The maximum Gasteiger partial charge on any atom is 0.225 e. The molecule has 1 aromatic carbocycles. The second-order valence-corrected chi connectivity index (χ2v) is 5.51. The van der Waals surface area contributed by atoms with Crippen LogP contribution in [0.5, 0.6) is 0 Å². The molecule has 2 N–H and O–H groups in total. The van der Waals surface area contributed by atoms with Crippen molar-refractivity contribution >= 4 is 24.0 Å². The lowest BCUT2D eigenvalue weighted by atomic mass is 9.97. The van der Waals surface area contributed by atoms with E-state index in [1.807, 2.05) is 37.4 Å². The molecule has 0 atom stereocenters. The van der Waals surface area contributed by atoms with Crippen molar-refractivity contribution in [2.24, 2.45) is 5.92 Å².